The summed E-state index contributed by atoms with van der Waals surface area (Å²) in [4.78, 5) is 59.5. The van der Waals surface area contributed by atoms with Gasteiger partial charge in [-0.3, -0.25) is 19.2 Å². The van der Waals surface area contributed by atoms with E-state index in [1.807, 2.05) is 0 Å². The Morgan fingerprint density at radius 1 is 0.941 bits per heavy atom. The summed E-state index contributed by atoms with van der Waals surface area (Å²) in [7, 11) is 0. The first-order chi connectivity index (χ1) is 15.8. The van der Waals surface area contributed by atoms with E-state index in [1.54, 1.807) is 12.1 Å². The number of aliphatic carboxylic acids is 1. The zero-order chi connectivity index (χ0) is 26.0. The molecule has 0 aromatic heterocycles. The van der Waals surface area contributed by atoms with E-state index in [4.69, 9.17) is 11.5 Å². The Balaban J connectivity index is 2.71. The topological polar surface area (TPSA) is 234 Å². The lowest BCUT2D eigenvalue weighted by Crippen LogP contribution is -2.59. The molecule has 0 spiro atoms. The van der Waals surface area contributed by atoms with Crippen molar-refractivity contribution in [2.75, 3.05) is 0 Å². The van der Waals surface area contributed by atoms with Crippen molar-refractivity contribution in [1.29, 1.82) is 0 Å². The number of phenols is 1. The number of carbonyl (C=O) groups excluding carboxylic acids is 4. The number of carboxylic acids is 1. The molecule has 0 aliphatic carbocycles. The minimum atomic E-state index is -1.53. The molecule has 1 aromatic rings. The summed E-state index contributed by atoms with van der Waals surface area (Å²) in [6.07, 6.45) is -1.84. The molecule has 5 atom stereocenters. The predicted molar refractivity (Wildman–Crippen MR) is 119 cm³/mol. The molecule has 13 heteroatoms. The zero-order valence-electron chi connectivity index (χ0n) is 18.9. The van der Waals surface area contributed by atoms with Gasteiger partial charge in [0.15, 0.2) is 0 Å². The third kappa shape index (κ3) is 9.42. The Morgan fingerprint density at radius 2 is 1.53 bits per heavy atom. The zero-order valence-corrected chi connectivity index (χ0v) is 18.9. The molecule has 0 fully saturated rings. The fraction of sp³-hybridized carbons (Fsp3) is 0.476. The van der Waals surface area contributed by atoms with Gasteiger partial charge in [0.2, 0.25) is 23.6 Å². The number of aromatic hydroxyl groups is 1. The molecule has 13 nitrogen and oxygen atoms in total. The number of nitrogens with two attached hydrogens (primary N) is 2. The molecule has 34 heavy (non-hydrogen) atoms. The van der Waals surface area contributed by atoms with E-state index in [0.29, 0.717) is 5.56 Å². The van der Waals surface area contributed by atoms with Crippen molar-refractivity contribution in [3.8, 4) is 5.75 Å². The SMILES string of the molecule is CC(NC(=O)C(N)Cc1ccc(O)cc1)C(=O)NC(C(=O)NC(CCC(N)=O)C(=O)O)C(C)O. The molecule has 0 radical (unpaired) electrons. The van der Waals surface area contributed by atoms with E-state index >= 15 is 0 Å². The first-order valence-electron chi connectivity index (χ1n) is 10.5. The van der Waals surface area contributed by atoms with Crippen LogP contribution in [0.4, 0.5) is 0 Å². The number of nitrogens with one attached hydrogen (secondary N) is 3. The molecule has 1 rings (SSSR count). The van der Waals surface area contributed by atoms with Gasteiger partial charge in [-0.05, 0) is 44.4 Å². The Labute approximate surface area is 195 Å². The van der Waals surface area contributed by atoms with Crippen LogP contribution in [0.3, 0.4) is 0 Å². The number of rotatable bonds is 13. The molecule has 0 heterocycles. The van der Waals surface area contributed by atoms with E-state index in [0.717, 1.165) is 0 Å². The lowest BCUT2D eigenvalue weighted by Gasteiger charge is -2.25. The third-order valence-corrected chi connectivity index (χ3v) is 4.84. The number of primary amides is 1. The summed E-state index contributed by atoms with van der Waals surface area (Å²) in [5.41, 5.74) is 11.5. The van der Waals surface area contributed by atoms with Crippen LogP contribution in [0.25, 0.3) is 0 Å². The van der Waals surface area contributed by atoms with E-state index in [2.05, 4.69) is 16.0 Å². The number of hydrogen-bond acceptors (Lipinski definition) is 8. The molecular weight excluding hydrogens is 450 g/mol. The molecule has 0 saturated heterocycles. The summed E-state index contributed by atoms with van der Waals surface area (Å²) in [6.45, 7) is 2.55. The maximum Gasteiger partial charge on any atom is 0.326 e. The fourth-order valence-corrected chi connectivity index (χ4v) is 2.85. The van der Waals surface area contributed by atoms with E-state index < -0.39 is 59.9 Å². The Bertz CT molecular complexity index is 890. The molecule has 188 valence electrons. The van der Waals surface area contributed by atoms with Gasteiger partial charge in [0.1, 0.15) is 23.9 Å². The Hall–Kier alpha value is -3.71. The van der Waals surface area contributed by atoms with Crippen molar-refractivity contribution in [2.24, 2.45) is 11.5 Å². The standard InChI is InChI=1S/C21H31N5O8/c1-10(24-19(31)14(22)9-12-3-5-13(28)6-4-12)18(30)26-17(11(2)27)20(32)25-15(21(33)34)7-8-16(23)29/h3-6,10-11,14-15,17,27-28H,7-9,22H2,1-2H3,(H2,23,29)(H,24,31)(H,25,32)(H,26,30)(H,33,34). The van der Waals surface area contributed by atoms with Crippen LogP contribution in [0.2, 0.25) is 0 Å². The minimum absolute atomic E-state index is 0.0614. The van der Waals surface area contributed by atoms with E-state index in [1.165, 1.54) is 26.0 Å². The molecule has 0 aliphatic rings. The molecule has 5 unspecified atom stereocenters. The summed E-state index contributed by atoms with van der Waals surface area (Å²) in [5, 5.41) is 35.2. The van der Waals surface area contributed by atoms with Crippen molar-refractivity contribution in [1.82, 2.24) is 16.0 Å². The van der Waals surface area contributed by atoms with Crippen LogP contribution in [0.1, 0.15) is 32.3 Å². The molecule has 1 aromatic carbocycles. The third-order valence-electron chi connectivity index (χ3n) is 4.84. The maximum absolute atomic E-state index is 12.5. The van der Waals surface area contributed by atoms with Crippen LogP contribution in [-0.2, 0) is 30.4 Å². The van der Waals surface area contributed by atoms with Crippen molar-refractivity contribution < 1.29 is 39.3 Å². The van der Waals surface area contributed by atoms with Gasteiger partial charge in [-0.15, -0.1) is 0 Å². The van der Waals surface area contributed by atoms with Gasteiger partial charge in [-0.25, -0.2) is 4.79 Å². The highest BCUT2D eigenvalue weighted by Gasteiger charge is 2.31. The van der Waals surface area contributed by atoms with Gasteiger partial charge in [-0.1, -0.05) is 12.1 Å². The number of benzene rings is 1. The number of aliphatic hydroxyl groups excluding tert-OH is 1. The summed E-state index contributed by atoms with van der Waals surface area (Å²) >= 11 is 0. The number of carbonyl (C=O) groups is 5. The smallest absolute Gasteiger partial charge is 0.326 e. The molecule has 0 bridgehead atoms. The van der Waals surface area contributed by atoms with Crippen molar-refractivity contribution in [3.63, 3.8) is 0 Å². The number of amides is 4. The lowest BCUT2D eigenvalue weighted by atomic mass is 10.1. The van der Waals surface area contributed by atoms with Crippen molar-refractivity contribution in [2.45, 2.75) is 63.4 Å². The van der Waals surface area contributed by atoms with Crippen LogP contribution >= 0.6 is 0 Å². The quantitative estimate of drug-likeness (QED) is 0.148. The normalized spacial score (nSPS) is 15.2. The number of aliphatic hydroxyl groups is 1. The van der Waals surface area contributed by atoms with Crippen molar-refractivity contribution >= 4 is 29.6 Å². The maximum atomic E-state index is 12.5. The van der Waals surface area contributed by atoms with Gasteiger partial charge >= 0.3 is 5.97 Å². The minimum Gasteiger partial charge on any atom is -0.508 e. The molecular formula is C21H31N5O8. The highest BCUT2D eigenvalue weighted by molar-refractivity contribution is 5.94. The second-order valence-electron chi connectivity index (χ2n) is 7.84. The second kappa shape index (κ2) is 13.1. The summed E-state index contributed by atoms with van der Waals surface area (Å²) < 4.78 is 0. The number of carboxylic acid groups (broad SMARTS) is 1. The largest absolute Gasteiger partial charge is 0.508 e. The first kappa shape index (κ1) is 28.3. The van der Waals surface area contributed by atoms with Crippen LogP contribution in [0.15, 0.2) is 24.3 Å². The number of phenolic OH excluding ortho intramolecular Hbond substituents is 1. The van der Waals surface area contributed by atoms with Crippen LogP contribution in [0, 0.1) is 0 Å². The van der Waals surface area contributed by atoms with Crippen LogP contribution in [-0.4, -0.2) is 75.2 Å². The lowest BCUT2D eigenvalue weighted by molar-refractivity contribution is -0.143. The van der Waals surface area contributed by atoms with E-state index in [9.17, 15) is 39.3 Å². The van der Waals surface area contributed by atoms with E-state index in [-0.39, 0.29) is 25.0 Å². The van der Waals surface area contributed by atoms with Gasteiger partial charge in [0.05, 0.1) is 12.1 Å². The highest BCUT2D eigenvalue weighted by atomic mass is 16.4. The van der Waals surface area contributed by atoms with Gasteiger partial charge < -0.3 is 42.7 Å². The molecule has 4 amide bonds. The first-order valence-corrected chi connectivity index (χ1v) is 10.5. The average molecular weight is 482 g/mol. The Morgan fingerprint density at radius 3 is 2.03 bits per heavy atom. The Kier molecular flexibility index (Phi) is 10.9. The van der Waals surface area contributed by atoms with Crippen LogP contribution in [0.5, 0.6) is 5.75 Å². The fourth-order valence-electron chi connectivity index (χ4n) is 2.85. The predicted octanol–water partition coefficient (Wildman–Crippen LogP) is -2.53. The second-order valence-corrected chi connectivity index (χ2v) is 7.84. The molecule has 10 N–H and O–H groups in total. The highest BCUT2D eigenvalue weighted by Crippen LogP contribution is 2.11. The molecule has 0 saturated carbocycles. The number of hydrogen-bond donors (Lipinski definition) is 8. The van der Waals surface area contributed by atoms with Gasteiger partial charge in [0.25, 0.3) is 0 Å². The monoisotopic (exact) mass is 481 g/mol. The van der Waals surface area contributed by atoms with Crippen LogP contribution < -0.4 is 27.4 Å². The van der Waals surface area contributed by atoms with Gasteiger partial charge in [-0.2, -0.15) is 0 Å². The summed E-state index contributed by atoms with van der Waals surface area (Å²) in [5.74, 6) is -4.59. The van der Waals surface area contributed by atoms with Crippen molar-refractivity contribution in [3.05, 3.63) is 29.8 Å². The average Bonchev–Trinajstić information content (AvgIpc) is 2.75. The summed E-state index contributed by atoms with van der Waals surface area (Å²) in [6, 6.07) is 0.937. The molecule has 0 aliphatic heterocycles. The van der Waals surface area contributed by atoms with Gasteiger partial charge in [0, 0.05) is 6.42 Å².